The van der Waals surface area contributed by atoms with Gasteiger partial charge in [0.15, 0.2) is 23.2 Å². The van der Waals surface area contributed by atoms with Crippen molar-refractivity contribution >= 4 is 16.9 Å². The van der Waals surface area contributed by atoms with Crippen LogP contribution in [0, 0.1) is 17.5 Å². The van der Waals surface area contributed by atoms with Gasteiger partial charge >= 0.3 is 5.97 Å². The number of hydrogen-bond donors (Lipinski definition) is 1. The molecule has 47 heavy (non-hydrogen) atoms. The predicted molar refractivity (Wildman–Crippen MR) is 162 cm³/mol. The summed E-state index contributed by atoms with van der Waals surface area (Å²) in [6.07, 6.45) is -1.34. The van der Waals surface area contributed by atoms with E-state index in [9.17, 15) is 18.0 Å². The number of hydrogen-bond acceptors (Lipinski definition) is 6. The molecule has 8 nitrogen and oxygen atoms in total. The van der Waals surface area contributed by atoms with Crippen LogP contribution in [-0.2, 0) is 34.8 Å². The van der Waals surface area contributed by atoms with Crippen molar-refractivity contribution in [2.75, 3.05) is 13.2 Å². The highest BCUT2D eigenvalue weighted by Crippen LogP contribution is 2.45. The predicted octanol–water partition coefficient (Wildman–Crippen LogP) is 7.56. The first-order valence-corrected chi connectivity index (χ1v) is 15.1. The summed E-state index contributed by atoms with van der Waals surface area (Å²) < 4.78 is 90.6. The number of esters is 1. The molecule has 0 saturated carbocycles. The molecule has 0 bridgehead atoms. The third kappa shape index (κ3) is 5.90. The van der Waals surface area contributed by atoms with Crippen molar-refractivity contribution in [2.24, 2.45) is 7.05 Å². The molecule has 3 aromatic carbocycles. The van der Waals surface area contributed by atoms with Crippen LogP contribution in [0.3, 0.4) is 0 Å². The number of aromatic amines is 1. The zero-order valence-corrected chi connectivity index (χ0v) is 25.8. The van der Waals surface area contributed by atoms with Gasteiger partial charge in [0.2, 0.25) is 12.2 Å². The standard InChI is InChI=1S/C34H31F5N4O4/c1-4-45-26(44)11-8-18-6-5-7-23-30(18)46-15-13-34(23,2)33-41-32(43(3)42-33)22-16-19(9-10-24(22)35)47-31-21(17-25(36)37)20-12-14-40-29(20)27(38)28(31)39/h5-7,9-10,12,14,16,25,40H,4,8,11,13,15,17H2,1-3H3/t34-/m1/s1. The lowest BCUT2D eigenvalue weighted by molar-refractivity contribution is -0.143. The van der Waals surface area contributed by atoms with E-state index in [1.165, 1.54) is 29.1 Å². The molecule has 0 unspecified atom stereocenters. The van der Waals surface area contributed by atoms with E-state index in [1.54, 1.807) is 14.0 Å². The van der Waals surface area contributed by atoms with Gasteiger partial charge in [-0.15, -0.1) is 0 Å². The molecule has 1 N–H and O–H groups in total. The maximum absolute atomic E-state index is 15.3. The number of rotatable bonds is 10. The zero-order chi connectivity index (χ0) is 33.5. The van der Waals surface area contributed by atoms with Gasteiger partial charge in [-0.2, -0.15) is 9.49 Å². The summed E-state index contributed by atoms with van der Waals surface area (Å²) in [7, 11) is 1.59. The number of aromatic nitrogens is 4. The summed E-state index contributed by atoms with van der Waals surface area (Å²) in [4.78, 5) is 19.2. The molecule has 6 rings (SSSR count). The molecule has 13 heteroatoms. The van der Waals surface area contributed by atoms with Crippen LogP contribution in [-0.4, -0.2) is 45.4 Å². The lowest BCUT2D eigenvalue weighted by Gasteiger charge is -2.34. The summed E-state index contributed by atoms with van der Waals surface area (Å²) in [6.45, 7) is 4.34. The monoisotopic (exact) mass is 654 g/mol. The van der Waals surface area contributed by atoms with Gasteiger partial charge < -0.3 is 19.2 Å². The van der Waals surface area contributed by atoms with Gasteiger partial charge in [-0.25, -0.2) is 27.2 Å². The average Bonchev–Trinajstić information content (AvgIpc) is 3.69. The topological polar surface area (TPSA) is 91.3 Å². The van der Waals surface area contributed by atoms with Crippen molar-refractivity contribution in [3.63, 3.8) is 0 Å². The summed E-state index contributed by atoms with van der Waals surface area (Å²) in [5, 5.41) is 4.69. The average molecular weight is 655 g/mol. The summed E-state index contributed by atoms with van der Waals surface area (Å²) >= 11 is 0. The first-order chi connectivity index (χ1) is 22.5. The van der Waals surface area contributed by atoms with Gasteiger partial charge in [0.1, 0.15) is 17.3 Å². The van der Waals surface area contributed by atoms with Gasteiger partial charge in [0.05, 0.1) is 29.7 Å². The van der Waals surface area contributed by atoms with Crippen LogP contribution >= 0.6 is 0 Å². The molecule has 0 aliphatic carbocycles. The van der Waals surface area contributed by atoms with Crippen LogP contribution in [0.15, 0.2) is 48.7 Å². The van der Waals surface area contributed by atoms with Gasteiger partial charge in [-0.05, 0) is 56.5 Å². The van der Waals surface area contributed by atoms with Crippen LogP contribution in [0.4, 0.5) is 22.0 Å². The minimum atomic E-state index is -2.87. The number of benzene rings is 3. The van der Waals surface area contributed by atoms with Gasteiger partial charge in [0, 0.05) is 42.6 Å². The maximum atomic E-state index is 15.3. The first kappa shape index (κ1) is 32.0. The van der Waals surface area contributed by atoms with Gasteiger partial charge in [-0.3, -0.25) is 4.79 Å². The van der Waals surface area contributed by atoms with Crippen molar-refractivity contribution in [1.29, 1.82) is 0 Å². The molecule has 0 amide bonds. The Bertz CT molecular complexity index is 1970. The molecule has 0 saturated heterocycles. The highest BCUT2D eigenvalue weighted by Gasteiger charge is 2.40. The van der Waals surface area contributed by atoms with Crippen molar-refractivity contribution < 1.29 is 41.0 Å². The number of alkyl halides is 2. The molecule has 1 aliphatic heterocycles. The molecule has 2 aromatic heterocycles. The van der Waals surface area contributed by atoms with E-state index < -0.39 is 41.5 Å². The lowest BCUT2D eigenvalue weighted by Crippen LogP contribution is -2.33. The number of aryl methyl sites for hydroxylation is 2. The number of halogens is 5. The van der Waals surface area contributed by atoms with E-state index in [2.05, 4.69) is 10.1 Å². The first-order valence-electron chi connectivity index (χ1n) is 15.1. The van der Waals surface area contributed by atoms with Crippen molar-refractivity contribution in [3.05, 3.63) is 88.6 Å². The molecule has 0 radical (unpaired) electrons. The minimum absolute atomic E-state index is 0.0496. The second-order valence-corrected chi connectivity index (χ2v) is 11.5. The molecule has 3 heterocycles. The fourth-order valence-electron chi connectivity index (χ4n) is 6.02. The SMILES string of the molecule is CCOC(=O)CCc1cccc2c1OCC[C@@]2(C)c1nc(-c2cc(Oc3c(F)c(F)c4[nH]ccc4c3CC(F)F)ccc2F)n(C)n1. The molecule has 0 spiro atoms. The van der Waals surface area contributed by atoms with Crippen LogP contribution in [0.5, 0.6) is 17.2 Å². The molecular formula is C34H31F5N4O4. The Balaban J connectivity index is 1.36. The highest BCUT2D eigenvalue weighted by atomic mass is 19.3. The van der Waals surface area contributed by atoms with E-state index in [-0.39, 0.29) is 46.0 Å². The quantitative estimate of drug-likeness (QED) is 0.123. The Labute approximate surface area is 266 Å². The van der Waals surface area contributed by atoms with Crippen molar-refractivity contribution in [2.45, 2.75) is 51.4 Å². The summed E-state index contributed by atoms with van der Waals surface area (Å²) in [6, 6.07) is 10.5. The van der Waals surface area contributed by atoms with E-state index in [4.69, 9.17) is 19.2 Å². The van der Waals surface area contributed by atoms with E-state index in [0.29, 0.717) is 37.6 Å². The number of H-pyrrole nitrogens is 1. The highest BCUT2D eigenvalue weighted by molar-refractivity contribution is 5.86. The molecule has 1 aliphatic rings. The van der Waals surface area contributed by atoms with Gasteiger partial charge in [-0.1, -0.05) is 18.2 Å². The second-order valence-electron chi connectivity index (χ2n) is 11.5. The Hall–Kier alpha value is -4.94. The Morgan fingerprint density at radius 1 is 1.15 bits per heavy atom. The summed E-state index contributed by atoms with van der Waals surface area (Å²) in [5.41, 5.74) is 0.360. The van der Waals surface area contributed by atoms with E-state index in [1.807, 2.05) is 25.1 Å². The number of carbonyl (C=O) groups is 1. The molecular weight excluding hydrogens is 623 g/mol. The third-order valence-electron chi connectivity index (χ3n) is 8.41. The minimum Gasteiger partial charge on any atom is -0.493 e. The molecule has 246 valence electrons. The van der Waals surface area contributed by atoms with Crippen molar-refractivity contribution in [3.8, 4) is 28.6 Å². The number of nitrogens with one attached hydrogen (secondary N) is 1. The van der Waals surface area contributed by atoms with Gasteiger partial charge in [0.25, 0.3) is 0 Å². The normalized spacial score (nSPS) is 15.9. The van der Waals surface area contributed by atoms with Crippen LogP contribution < -0.4 is 9.47 Å². The van der Waals surface area contributed by atoms with Crippen LogP contribution in [0.1, 0.15) is 49.2 Å². The largest absolute Gasteiger partial charge is 0.493 e. The van der Waals surface area contributed by atoms with E-state index >= 15 is 8.78 Å². The lowest BCUT2D eigenvalue weighted by atomic mass is 9.76. The van der Waals surface area contributed by atoms with E-state index in [0.717, 1.165) is 17.2 Å². The number of para-hydroxylation sites is 1. The fraction of sp³-hybridized carbons (Fsp3) is 0.324. The Morgan fingerprint density at radius 3 is 2.72 bits per heavy atom. The fourth-order valence-corrected chi connectivity index (χ4v) is 6.02. The van der Waals surface area contributed by atoms with Crippen molar-refractivity contribution in [1.82, 2.24) is 19.7 Å². The zero-order valence-electron chi connectivity index (χ0n) is 25.8. The number of ether oxygens (including phenoxy) is 3. The van der Waals surface area contributed by atoms with Crippen LogP contribution in [0.25, 0.3) is 22.3 Å². The molecule has 0 fully saturated rings. The van der Waals surface area contributed by atoms with Crippen LogP contribution in [0.2, 0.25) is 0 Å². The summed E-state index contributed by atoms with van der Waals surface area (Å²) in [5.74, 6) is -3.43. The smallest absolute Gasteiger partial charge is 0.306 e. The molecule has 5 aromatic rings. The molecule has 1 atom stereocenters. The Kier molecular flexibility index (Phi) is 8.64. The number of carbonyl (C=O) groups excluding carboxylic acids is 1. The number of nitrogens with zero attached hydrogens (tertiary/aromatic N) is 3. The Morgan fingerprint density at radius 2 is 1.96 bits per heavy atom. The second kappa shape index (κ2) is 12.7. The maximum Gasteiger partial charge on any atom is 0.306 e. The number of fused-ring (bicyclic) bond motifs is 2. The third-order valence-corrected chi connectivity index (χ3v) is 8.41.